The van der Waals surface area contributed by atoms with Gasteiger partial charge in [-0.2, -0.15) is 0 Å². The molecule has 1 aromatic heterocycles. The molecule has 0 aliphatic heterocycles. The zero-order chi connectivity index (χ0) is 7.73. The van der Waals surface area contributed by atoms with Gasteiger partial charge >= 0.3 is 0 Å². The van der Waals surface area contributed by atoms with E-state index in [1.54, 1.807) is 6.20 Å². The van der Waals surface area contributed by atoms with Gasteiger partial charge in [-0.3, -0.25) is 4.98 Å². The molecule has 1 heterocycles. The standard InChI is InChI=1S/C9H11NO/c11-7-9(3-4-9)8-2-1-5-10-6-8/h1-2,5-6,11H,3-4,7H2. The molecule has 0 radical (unpaired) electrons. The van der Waals surface area contributed by atoms with Crippen molar-refractivity contribution in [1.29, 1.82) is 0 Å². The first kappa shape index (κ1) is 6.80. The number of nitrogens with zero attached hydrogens (tertiary/aromatic N) is 1. The lowest BCUT2D eigenvalue weighted by Gasteiger charge is -2.09. The number of hydrogen-bond acceptors (Lipinski definition) is 2. The molecule has 0 bridgehead atoms. The van der Waals surface area contributed by atoms with Crippen LogP contribution in [0.5, 0.6) is 0 Å². The molecule has 0 aromatic carbocycles. The van der Waals surface area contributed by atoms with Crippen molar-refractivity contribution in [3.05, 3.63) is 30.1 Å². The second-order valence-corrected chi connectivity index (χ2v) is 3.18. The molecular weight excluding hydrogens is 138 g/mol. The molecule has 0 atom stereocenters. The second kappa shape index (κ2) is 2.31. The van der Waals surface area contributed by atoms with E-state index in [0.717, 1.165) is 12.8 Å². The highest BCUT2D eigenvalue weighted by atomic mass is 16.3. The maximum absolute atomic E-state index is 9.08. The topological polar surface area (TPSA) is 33.1 Å². The minimum absolute atomic E-state index is 0.0776. The maximum atomic E-state index is 9.08. The van der Waals surface area contributed by atoms with Gasteiger partial charge in [0, 0.05) is 17.8 Å². The zero-order valence-electron chi connectivity index (χ0n) is 6.33. The van der Waals surface area contributed by atoms with Crippen molar-refractivity contribution < 1.29 is 5.11 Å². The Hall–Kier alpha value is -0.890. The van der Waals surface area contributed by atoms with Crippen LogP contribution in [0.15, 0.2) is 24.5 Å². The predicted molar refractivity (Wildman–Crippen MR) is 42.2 cm³/mol. The smallest absolute Gasteiger partial charge is 0.0528 e. The first-order valence-corrected chi connectivity index (χ1v) is 3.89. The van der Waals surface area contributed by atoms with Crippen LogP contribution in [0.25, 0.3) is 0 Å². The van der Waals surface area contributed by atoms with Crippen molar-refractivity contribution in [3.63, 3.8) is 0 Å². The third-order valence-electron chi connectivity index (χ3n) is 2.43. The summed E-state index contributed by atoms with van der Waals surface area (Å²) in [6, 6.07) is 3.96. The van der Waals surface area contributed by atoms with E-state index in [1.807, 2.05) is 18.3 Å². The number of pyridine rings is 1. The van der Waals surface area contributed by atoms with Crippen LogP contribution in [0.1, 0.15) is 18.4 Å². The Morgan fingerprint density at radius 2 is 2.36 bits per heavy atom. The summed E-state index contributed by atoms with van der Waals surface area (Å²) in [6.45, 7) is 0.263. The number of aliphatic hydroxyl groups excluding tert-OH is 1. The molecule has 1 aliphatic rings. The van der Waals surface area contributed by atoms with Crippen LogP contribution in [-0.2, 0) is 5.41 Å². The number of rotatable bonds is 2. The molecule has 1 aliphatic carbocycles. The van der Waals surface area contributed by atoms with E-state index in [9.17, 15) is 0 Å². The molecule has 1 fully saturated rings. The molecule has 2 heteroatoms. The van der Waals surface area contributed by atoms with E-state index in [4.69, 9.17) is 5.11 Å². The maximum Gasteiger partial charge on any atom is 0.0528 e. The fourth-order valence-corrected chi connectivity index (χ4v) is 1.37. The quantitative estimate of drug-likeness (QED) is 0.683. The Bertz CT molecular complexity index is 241. The lowest BCUT2D eigenvalue weighted by Crippen LogP contribution is -2.11. The highest BCUT2D eigenvalue weighted by molar-refractivity contribution is 5.28. The molecule has 0 amide bonds. The van der Waals surface area contributed by atoms with E-state index in [2.05, 4.69) is 4.98 Å². The molecule has 0 saturated heterocycles. The van der Waals surface area contributed by atoms with Gasteiger partial charge in [-0.25, -0.2) is 0 Å². The minimum Gasteiger partial charge on any atom is -0.395 e. The highest BCUT2D eigenvalue weighted by Crippen LogP contribution is 2.47. The largest absolute Gasteiger partial charge is 0.395 e. The third-order valence-corrected chi connectivity index (χ3v) is 2.43. The van der Waals surface area contributed by atoms with Gasteiger partial charge in [-0.1, -0.05) is 6.07 Å². The molecule has 2 rings (SSSR count). The Labute approximate surface area is 65.9 Å². The van der Waals surface area contributed by atoms with Gasteiger partial charge in [-0.05, 0) is 24.5 Å². The molecule has 1 saturated carbocycles. The van der Waals surface area contributed by atoms with Crippen LogP contribution in [0.3, 0.4) is 0 Å². The lowest BCUT2D eigenvalue weighted by atomic mass is 9.99. The molecular formula is C9H11NO. The summed E-state index contributed by atoms with van der Waals surface area (Å²) >= 11 is 0. The summed E-state index contributed by atoms with van der Waals surface area (Å²) in [4.78, 5) is 4.03. The second-order valence-electron chi connectivity index (χ2n) is 3.18. The van der Waals surface area contributed by atoms with Crippen molar-refractivity contribution in [2.24, 2.45) is 0 Å². The monoisotopic (exact) mass is 149 g/mol. The summed E-state index contributed by atoms with van der Waals surface area (Å²) in [6.07, 6.45) is 5.82. The van der Waals surface area contributed by atoms with E-state index in [-0.39, 0.29) is 12.0 Å². The van der Waals surface area contributed by atoms with Gasteiger partial charge < -0.3 is 5.11 Å². The molecule has 11 heavy (non-hydrogen) atoms. The summed E-state index contributed by atoms with van der Waals surface area (Å²) in [7, 11) is 0. The average Bonchev–Trinajstić information content (AvgIpc) is 2.86. The van der Waals surface area contributed by atoms with Gasteiger partial charge in [-0.15, -0.1) is 0 Å². The Morgan fingerprint density at radius 3 is 2.82 bits per heavy atom. The Morgan fingerprint density at radius 1 is 1.55 bits per heavy atom. The van der Waals surface area contributed by atoms with Crippen LogP contribution < -0.4 is 0 Å². The minimum atomic E-state index is 0.0776. The normalized spacial score (nSPS) is 19.7. The fraction of sp³-hybridized carbons (Fsp3) is 0.444. The van der Waals surface area contributed by atoms with Crippen molar-refractivity contribution in [2.45, 2.75) is 18.3 Å². The molecule has 0 spiro atoms. The molecule has 0 unspecified atom stereocenters. The van der Waals surface area contributed by atoms with Crippen molar-refractivity contribution >= 4 is 0 Å². The van der Waals surface area contributed by atoms with Crippen molar-refractivity contribution in [3.8, 4) is 0 Å². The summed E-state index contributed by atoms with van der Waals surface area (Å²) in [5, 5.41) is 9.08. The van der Waals surface area contributed by atoms with Crippen LogP contribution >= 0.6 is 0 Å². The lowest BCUT2D eigenvalue weighted by molar-refractivity contribution is 0.255. The Kier molecular flexibility index (Phi) is 1.43. The van der Waals surface area contributed by atoms with E-state index in [0.29, 0.717) is 0 Å². The zero-order valence-corrected chi connectivity index (χ0v) is 6.33. The number of hydrogen-bond donors (Lipinski definition) is 1. The SMILES string of the molecule is OCC1(c2cccnc2)CC1. The van der Waals surface area contributed by atoms with Crippen molar-refractivity contribution in [1.82, 2.24) is 4.98 Å². The average molecular weight is 149 g/mol. The van der Waals surface area contributed by atoms with E-state index >= 15 is 0 Å². The first-order valence-electron chi connectivity index (χ1n) is 3.89. The molecule has 1 aromatic rings. The summed E-state index contributed by atoms with van der Waals surface area (Å²) < 4.78 is 0. The van der Waals surface area contributed by atoms with Gasteiger partial charge in [0.25, 0.3) is 0 Å². The predicted octanol–water partition coefficient (Wildman–Crippen LogP) is 1.11. The number of aromatic nitrogens is 1. The van der Waals surface area contributed by atoms with Gasteiger partial charge in [0.2, 0.25) is 0 Å². The molecule has 1 N–H and O–H groups in total. The molecule has 2 nitrogen and oxygen atoms in total. The van der Waals surface area contributed by atoms with E-state index in [1.165, 1.54) is 5.56 Å². The summed E-state index contributed by atoms with van der Waals surface area (Å²) in [5.74, 6) is 0. The van der Waals surface area contributed by atoms with Gasteiger partial charge in [0.1, 0.15) is 0 Å². The van der Waals surface area contributed by atoms with Crippen LogP contribution in [0.4, 0.5) is 0 Å². The van der Waals surface area contributed by atoms with Crippen LogP contribution in [-0.4, -0.2) is 16.7 Å². The Balaban J connectivity index is 2.30. The van der Waals surface area contributed by atoms with Crippen molar-refractivity contribution in [2.75, 3.05) is 6.61 Å². The summed E-state index contributed by atoms with van der Waals surface area (Å²) in [5.41, 5.74) is 1.26. The highest BCUT2D eigenvalue weighted by Gasteiger charge is 2.43. The van der Waals surface area contributed by atoms with Gasteiger partial charge in [0.15, 0.2) is 0 Å². The van der Waals surface area contributed by atoms with E-state index < -0.39 is 0 Å². The van der Waals surface area contributed by atoms with Crippen LogP contribution in [0.2, 0.25) is 0 Å². The fourth-order valence-electron chi connectivity index (χ4n) is 1.37. The number of aliphatic hydroxyl groups is 1. The molecule has 58 valence electrons. The first-order chi connectivity index (χ1) is 5.37. The van der Waals surface area contributed by atoms with Crippen LogP contribution in [0, 0.1) is 0 Å². The van der Waals surface area contributed by atoms with Gasteiger partial charge in [0.05, 0.1) is 6.61 Å². The third kappa shape index (κ3) is 1.03.